The van der Waals surface area contributed by atoms with Crippen LogP contribution in [-0.4, -0.2) is 26.1 Å². The van der Waals surface area contributed by atoms with Crippen LogP contribution in [0, 0.1) is 0 Å². The third-order valence-electron chi connectivity index (χ3n) is 3.46. The summed E-state index contributed by atoms with van der Waals surface area (Å²) in [6.45, 7) is 3.73. The van der Waals surface area contributed by atoms with Crippen molar-refractivity contribution in [3.8, 4) is 5.69 Å². The molecule has 2 rings (SSSR count). The van der Waals surface area contributed by atoms with Gasteiger partial charge in [-0.25, -0.2) is 4.68 Å². The number of carbonyl (C=O) groups is 1. The van der Waals surface area contributed by atoms with Crippen molar-refractivity contribution in [2.45, 2.75) is 32.1 Å². The van der Waals surface area contributed by atoms with Gasteiger partial charge >= 0.3 is 0 Å². The molecule has 0 unspecified atom stereocenters. The molecule has 0 saturated heterocycles. The number of aryl methyl sites for hydroxylation is 1. The number of rotatable bonds is 9. The second-order valence-corrected chi connectivity index (χ2v) is 5.71. The highest BCUT2D eigenvalue weighted by molar-refractivity contribution is 9.09. The number of carbonyl (C=O) groups excluding carboxylic acids is 1. The van der Waals surface area contributed by atoms with Crippen LogP contribution in [0.15, 0.2) is 43.1 Å². The number of Topliss-reactive ketones (excluding diaryl/α,β-unsaturated/α-hetero) is 1. The van der Waals surface area contributed by atoms with Crippen LogP contribution in [0.5, 0.6) is 0 Å². The highest BCUT2D eigenvalue weighted by Gasteiger charge is 2.06. The molecule has 0 N–H and O–H groups in total. The fourth-order valence-corrected chi connectivity index (χ4v) is 2.51. The Kier molecular flexibility index (Phi) is 6.52. The van der Waals surface area contributed by atoms with E-state index in [4.69, 9.17) is 0 Å². The first-order valence-electron chi connectivity index (χ1n) is 7.46. The number of hydrogen-bond donors (Lipinski definition) is 0. The highest BCUT2D eigenvalue weighted by Crippen LogP contribution is 2.12. The summed E-state index contributed by atoms with van der Waals surface area (Å²) < 4.78 is 1.75. The van der Waals surface area contributed by atoms with E-state index in [2.05, 4.69) is 32.8 Å². The molecule has 0 radical (unpaired) electrons. The van der Waals surface area contributed by atoms with Crippen molar-refractivity contribution in [1.29, 1.82) is 0 Å². The predicted octanol–water partition coefficient (Wildman–Crippen LogP) is 4.13. The minimum Gasteiger partial charge on any atom is -0.293 e. The summed E-state index contributed by atoms with van der Waals surface area (Å²) in [6, 6.07) is 7.40. The third kappa shape index (κ3) is 4.63. The van der Waals surface area contributed by atoms with Crippen LogP contribution in [0.2, 0.25) is 0 Å². The summed E-state index contributed by atoms with van der Waals surface area (Å²) >= 11 is 3.18. The summed E-state index contributed by atoms with van der Waals surface area (Å²) in [6.07, 6.45) is 9.41. The van der Waals surface area contributed by atoms with E-state index in [1.54, 1.807) is 4.68 Å². The second-order valence-electron chi connectivity index (χ2n) is 5.15. The van der Waals surface area contributed by atoms with Crippen LogP contribution in [0.1, 0.15) is 41.7 Å². The third-order valence-corrected chi connectivity index (χ3v) is 3.97. The lowest BCUT2D eigenvalue weighted by Gasteiger charge is -2.01. The Hall–Kier alpha value is -1.75. The van der Waals surface area contributed by atoms with Gasteiger partial charge in [0.2, 0.25) is 0 Å². The van der Waals surface area contributed by atoms with E-state index in [1.807, 2.05) is 36.5 Å². The molecule has 22 heavy (non-hydrogen) atoms. The largest absolute Gasteiger partial charge is 0.293 e. The molecule has 4 nitrogen and oxygen atoms in total. The summed E-state index contributed by atoms with van der Waals surface area (Å²) in [7, 11) is 0. The van der Waals surface area contributed by atoms with E-state index in [-0.39, 0.29) is 5.78 Å². The topological polar surface area (TPSA) is 47.8 Å². The van der Waals surface area contributed by atoms with Gasteiger partial charge in [-0.05, 0) is 49.9 Å². The predicted molar refractivity (Wildman–Crippen MR) is 91.9 cm³/mol. The maximum Gasteiger partial charge on any atom is 0.173 e. The first-order valence-corrected chi connectivity index (χ1v) is 8.58. The molecule has 0 bridgehead atoms. The van der Waals surface area contributed by atoms with Crippen LogP contribution in [-0.2, 0) is 6.42 Å². The van der Waals surface area contributed by atoms with Crippen LogP contribution >= 0.6 is 15.9 Å². The van der Waals surface area contributed by atoms with Crippen LogP contribution in [0.4, 0.5) is 0 Å². The average Bonchev–Trinajstić information content (AvgIpc) is 3.03. The molecule has 0 fully saturated rings. The Labute approximate surface area is 139 Å². The van der Waals surface area contributed by atoms with E-state index in [9.17, 15) is 4.79 Å². The zero-order valence-electron chi connectivity index (χ0n) is 12.5. The molecule has 0 aliphatic rings. The van der Waals surface area contributed by atoms with Crippen molar-refractivity contribution in [2.75, 3.05) is 5.33 Å². The van der Waals surface area contributed by atoms with Crippen molar-refractivity contribution >= 4 is 21.7 Å². The van der Waals surface area contributed by atoms with Crippen molar-refractivity contribution in [2.24, 2.45) is 0 Å². The molecule has 0 spiro atoms. The minimum absolute atomic E-state index is 0.0744. The molecular weight excluding hydrogens is 342 g/mol. The molecule has 0 aliphatic carbocycles. The molecular formula is C17H20BrN3O. The van der Waals surface area contributed by atoms with Gasteiger partial charge in [-0.15, -0.1) is 11.7 Å². The van der Waals surface area contributed by atoms with Crippen LogP contribution in [0.25, 0.3) is 5.69 Å². The van der Waals surface area contributed by atoms with Crippen LogP contribution in [0.3, 0.4) is 0 Å². The molecule has 116 valence electrons. The smallest absolute Gasteiger partial charge is 0.173 e. The van der Waals surface area contributed by atoms with Crippen molar-refractivity contribution in [1.82, 2.24) is 15.0 Å². The van der Waals surface area contributed by atoms with Gasteiger partial charge in [-0.1, -0.05) is 33.6 Å². The van der Waals surface area contributed by atoms with Gasteiger partial charge in [-0.2, -0.15) is 0 Å². The molecule has 1 aromatic carbocycles. The van der Waals surface area contributed by atoms with E-state index >= 15 is 0 Å². The van der Waals surface area contributed by atoms with Crippen LogP contribution < -0.4 is 0 Å². The van der Waals surface area contributed by atoms with Gasteiger partial charge in [0.1, 0.15) is 0 Å². The standard InChI is InChI=1S/C17H20BrN3O/c1-2-3-4-5-6-7-15-13-21(20-19-15)16-10-8-14(9-11-16)17(22)12-18/h2,8-11,13H,1,3-7,12H2. The zero-order chi connectivity index (χ0) is 15.8. The number of halogens is 1. The summed E-state index contributed by atoms with van der Waals surface area (Å²) in [5.74, 6) is 0.0744. The number of unbranched alkanes of at least 4 members (excludes halogenated alkanes) is 3. The molecule has 1 heterocycles. The Morgan fingerprint density at radius 2 is 2.00 bits per heavy atom. The fourth-order valence-electron chi connectivity index (χ4n) is 2.19. The van der Waals surface area contributed by atoms with E-state index in [0.29, 0.717) is 10.9 Å². The number of nitrogens with zero attached hydrogens (tertiary/aromatic N) is 3. The van der Waals surface area contributed by atoms with Crippen molar-refractivity contribution in [3.63, 3.8) is 0 Å². The quantitative estimate of drug-likeness (QED) is 0.292. The highest BCUT2D eigenvalue weighted by atomic mass is 79.9. The van der Waals surface area contributed by atoms with Gasteiger partial charge in [-0.3, -0.25) is 4.79 Å². The molecule has 0 saturated carbocycles. The molecule has 1 aromatic heterocycles. The van der Waals surface area contributed by atoms with Gasteiger partial charge < -0.3 is 0 Å². The Balaban J connectivity index is 1.93. The average molecular weight is 362 g/mol. The van der Waals surface area contributed by atoms with Crippen molar-refractivity contribution < 1.29 is 4.79 Å². The Morgan fingerprint density at radius 3 is 2.68 bits per heavy atom. The number of allylic oxidation sites excluding steroid dienone is 1. The Morgan fingerprint density at radius 1 is 1.23 bits per heavy atom. The van der Waals surface area contributed by atoms with E-state index in [0.717, 1.165) is 30.6 Å². The zero-order valence-corrected chi connectivity index (χ0v) is 14.1. The monoisotopic (exact) mass is 361 g/mol. The molecule has 0 atom stereocenters. The van der Waals surface area contributed by atoms with E-state index < -0.39 is 0 Å². The lowest BCUT2D eigenvalue weighted by atomic mass is 10.1. The van der Waals surface area contributed by atoms with Gasteiger partial charge in [0, 0.05) is 5.56 Å². The maximum atomic E-state index is 11.6. The molecule has 0 amide bonds. The first-order chi connectivity index (χ1) is 10.7. The maximum absolute atomic E-state index is 11.6. The lowest BCUT2D eigenvalue weighted by Crippen LogP contribution is -2.01. The molecule has 2 aromatic rings. The fraction of sp³-hybridized carbons (Fsp3) is 0.353. The number of ketones is 1. The Bertz CT molecular complexity index is 619. The number of benzene rings is 1. The van der Waals surface area contributed by atoms with Gasteiger partial charge in [0.15, 0.2) is 5.78 Å². The first kappa shape index (κ1) is 16.6. The summed E-state index contributed by atoms with van der Waals surface area (Å²) in [4.78, 5) is 11.6. The molecule has 0 aliphatic heterocycles. The minimum atomic E-state index is 0.0744. The summed E-state index contributed by atoms with van der Waals surface area (Å²) in [5.41, 5.74) is 2.61. The normalized spacial score (nSPS) is 10.6. The lowest BCUT2D eigenvalue weighted by molar-refractivity contribution is 0.102. The number of alkyl halides is 1. The second kappa shape index (κ2) is 8.63. The summed E-state index contributed by atoms with van der Waals surface area (Å²) in [5, 5.41) is 8.69. The number of aromatic nitrogens is 3. The van der Waals surface area contributed by atoms with E-state index in [1.165, 1.54) is 12.8 Å². The molecule has 5 heteroatoms. The van der Waals surface area contributed by atoms with Gasteiger partial charge in [0.05, 0.1) is 22.9 Å². The number of hydrogen-bond acceptors (Lipinski definition) is 3. The van der Waals surface area contributed by atoms with Gasteiger partial charge in [0.25, 0.3) is 0 Å². The van der Waals surface area contributed by atoms with Crippen molar-refractivity contribution in [3.05, 3.63) is 54.4 Å². The SMILES string of the molecule is C=CCCCCCc1cn(-c2ccc(C(=O)CBr)cc2)nn1.